The van der Waals surface area contributed by atoms with Crippen LogP contribution >= 0.6 is 27.7 Å². The summed E-state index contributed by atoms with van der Waals surface area (Å²) in [5.74, 6) is -1.52. The summed E-state index contributed by atoms with van der Waals surface area (Å²) in [6.45, 7) is -0.637. The molecule has 3 rings (SSSR count). The van der Waals surface area contributed by atoms with Gasteiger partial charge in [0.2, 0.25) is 0 Å². The van der Waals surface area contributed by atoms with E-state index in [0.29, 0.717) is 28.5 Å². The zero-order valence-corrected chi connectivity index (χ0v) is 15.2. The smallest absolute Gasteiger partial charge is 0.322 e. The summed E-state index contributed by atoms with van der Waals surface area (Å²) in [6, 6.07) is 7.00. The number of hydrogen-bond donors (Lipinski definition) is 3. The lowest BCUT2D eigenvalue weighted by Gasteiger charge is -2.16. The second kappa shape index (κ2) is 6.93. The van der Waals surface area contributed by atoms with E-state index in [1.165, 1.54) is 16.3 Å². The maximum atomic E-state index is 12.9. The van der Waals surface area contributed by atoms with Gasteiger partial charge in [-0.2, -0.15) is 11.8 Å². The predicted octanol–water partition coefficient (Wildman–Crippen LogP) is 1.87. The van der Waals surface area contributed by atoms with E-state index in [9.17, 15) is 19.5 Å². The van der Waals surface area contributed by atoms with Crippen LogP contribution in [0.25, 0.3) is 5.69 Å². The predicted molar refractivity (Wildman–Crippen MR) is 96.4 cm³/mol. The number of fused-ring (bicyclic) bond motifs is 1. The van der Waals surface area contributed by atoms with Crippen molar-refractivity contribution in [1.82, 2.24) is 9.88 Å². The summed E-state index contributed by atoms with van der Waals surface area (Å²) in [5, 5.41) is 21.2. The van der Waals surface area contributed by atoms with E-state index in [4.69, 9.17) is 5.11 Å². The Bertz CT molecular complexity index is 924. The summed E-state index contributed by atoms with van der Waals surface area (Å²) in [6.07, 6.45) is 0. The second-order valence-corrected chi connectivity index (χ2v) is 7.24. The standard InChI is InChI=1S/C16H13BrN2O5S/c17-8-1-3-9(4-2-8)19-11-7-25-6-10(11)14(22)13(16(19)24)15(23)18-5-12(20)21/h1-4,22H,5-7H2,(H,18,23)(H,20,21). The molecule has 1 aliphatic rings. The number of aromatic nitrogens is 1. The lowest BCUT2D eigenvalue weighted by Crippen LogP contribution is -2.36. The number of nitrogens with one attached hydrogen (secondary N) is 1. The van der Waals surface area contributed by atoms with Gasteiger partial charge in [0, 0.05) is 32.9 Å². The van der Waals surface area contributed by atoms with Crippen LogP contribution in [0.1, 0.15) is 21.6 Å². The van der Waals surface area contributed by atoms with E-state index in [-0.39, 0.29) is 5.75 Å². The average Bonchev–Trinajstić information content (AvgIpc) is 3.04. The number of carbonyl (C=O) groups excluding carboxylic acids is 1. The molecule has 0 radical (unpaired) electrons. The van der Waals surface area contributed by atoms with Gasteiger partial charge >= 0.3 is 5.97 Å². The molecule has 1 amide bonds. The molecule has 7 nitrogen and oxygen atoms in total. The minimum atomic E-state index is -1.24. The zero-order valence-electron chi connectivity index (χ0n) is 12.8. The van der Waals surface area contributed by atoms with E-state index >= 15 is 0 Å². The van der Waals surface area contributed by atoms with Gasteiger partial charge in [-0.1, -0.05) is 15.9 Å². The fourth-order valence-electron chi connectivity index (χ4n) is 2.62. The van der Waals surface area contributed by atoms with Gasteiger partial charge in [-0.15, -0.1) is 0 Å². The third-order valence-corrected chi connectivity index (χ3v) is 5.25. The molecule has 1 aromatic carbocycles. The van der Waals surface area contributed by atoms with E-state index in [1.807, 2.05) is 0 Å². The van der Waals surface area contributed by atoms with Gasteiger partial charge in [-0.25, -0.2) is 0 Å². The Kier molecular flexibility index (Phi) is 4.87. The van der Waals surface area contributed by atoms with Crippen LogP contribution in [0, 0.1) is 0 Å². The van der Waals surface area contributed by atoms with Crippen LogP contribution in [-0.4, -0.2) is 33.2 Å². The van der Waals surface area contributed by atoms with Crippen LogP contribution in [0.2, 0.25) is 0 Å². The minimum Gasteiger partial charge on any atom is -0.507 e. The van der Waals surface area contributed by atoms with Crippen molar-refractivity contribution in [2.45, 2.75) is 11.5 Å². The van der Waals surface area contributed by atoms with E-state index in [2.05, 4.69) is 21.2 Å². The van der Waals surface area contributed by atoms with Crippen molar-refractivity contribution in [3.8, 4) is 11.4 Å². The Balaban J connectivity index is 2.19. The average molecular weight is 425 g/mol. The molecule has 0 fully saturated rings. The summed E-state index contributed by atoms with van der Waals surface area (Å²) < 4.78 is 2.24. The quantitative estimate of drug-likeness (QED) is 0.690. The Morgan fingerprint density at radius 3 is 2.56 bits per heavy atom. The number of carboxylic acid groups (broad SMARTS) is 1. The lowest BCUT2D eigenvalue weighted by molar-refractivity contribution is -0.135. The molecule has 0 atom stereocenters. The fourth-order valence-corrected chi connectivity index (χ4v) is 3.99. The van der Waals surface area contributed by atoms with Crippen LogP contribution in [-0.2, 0) is 16.3 Å². The van der Waals surface area contributed by atoms with Gasteiger partial charge in [0.25, 0.3) is 11.5 Å². The van der Waals surface area contributed by atoms with Crippen LogP contribution in [0.15, 0.2) is 33.5 Å². The Morgan fingerprint density at radius 1 is 1.24 bits per heavy atom. The van der Waals surface area contributed by atoms with Crippen molar-refractivity contribution in [2.24, 2.45) is 0 Å². The molecule has 0 unspecified atom stereocenters. The molecule has 1 aromatic heterocycles. The highest BCUT2D eigenvalue weighted by atomic mass is 79.9. The number of thioether (sulfide) groups is 1. The van der Waals surface area contributed by atoms with Gasteiger partial charge in [-0.05, 0) is 24.3 Å². The van der Waals surface area contributed by atoms with Crippen LogP contribution in [0.5, 0.6) is 5.75 Å². The highest BCUT2D eigenvalue weighted by molar-refractivity contribution is 9.10. The molecule has 25 heavy (non-hydrogen) atoms. The highest BCUT2D eigenvalue weighted by Crippen LogP contribution is 2.37. The number of benzene rings is 1. The van der Waals surface area contributed by atoms with Gasteiger partial charge < -0.3 is 15.5 Å². The number of rotatable bonds is 4. The second-order valence-electron chi connectivity index (χ2n) is 5.34. The molecule has 2 aromatic rings. The Morgan fingerprint density at radius 2 is 1.92 bits per heavy atom. The van der Waals surface area contributed by atoms with E-state index in [1.54, 1.807) is 24.3 Å². The summed E-state index contributed by atoms with van der Waals surface area (Å²) in [5.41, 5.74) is 0.617. The van der Waals surface area contributed by atoms with Crippen LogP contribution < -0.4 is 10.9 Å². The molecular weight excluding hydrogens is 412 g/mol. The molecule has 9 heteroatoms. The van der Waals surface area contributed by atoms with E-state index in [0.717, 1.165) is 4.47 Å². The molecule has 0 aliphatic carbocycles. The van der Waals surface area contributed by atoms with Crippen molar-refractivity contribution >= 4 is 39.6 Å². The van der Waals surface area contributed by atoms with Gasteiger partial charge in [0.15, 0.2) is 0 Å². The first kappa shape index (κ1) is 17.6. The summed E-state index contributed by atoms with van der Waals surface area (Å²) >= 11 is 4.85. The lowest BCUT2D eigenvalue weighted by atomic mass is 10.1. The van der Waals surface area contributed by atoms with Crippen molar-refractivity contribution in [1.29, 1.82) is 0 Å². The first-order chi connectivity index (χ1) is 11.9. The number of nitrogens with zero attached hydrogens (tertiary/aromatic N) is 1. The fraction of sp³-hybridized carbons (Fsp3) is 0.188. The number of carbonyl (C=O) groups is 2. The van der Waals surface area contributed by atoms with Crippen molar-refractivity contribution in [3.63, 3.8) is 0 Å². The number of carboxylic acids is 1. The van der Waals surface area contributed by atoms with E-state index < -0.39 is 29.5 Å². The summed E-state index contributed by atoms with van der Waals surface area (Å²) in [4.78, 5) is 35.8. The highest BCUT2D eigenvalue weighted by Gasteiger charge is 2.29. The first-order valence-electron chi connectivity index (χ1n) is 7.23. The molecular formula is C16H13BrN2O5S. The maximum absolute atomic E-state index is 12.9. The van der Waals surface area contributed by atoms with Gasteiger partial charge in [0.1, 0.15) is 17.9 Å². The van der Waals surface area contributed by atoms with Gasteiger partial charge in [-0.3, -0.25) is 19.0 Å². The number of hydrogen-bond acceptors (Lipinski definition) is 5. The van der Waals surface area contributed by atoms with Crippen LogP contribution in [0.3, 0.4) is 0 Å². The number of aromatic hydroxyl groups is 1. The molecule has 130 valence electrons. The van der Waals surface area contributed by atoms with Crippen molar-refractivity contribution in [2.75, 3.05) is 6.54 Å². The molecule has 2 heterocycles. The first-order valence-corrected chi connectivity index (χ1v) is 9.18. The number of amides is 1. The number of pyridine rings is 1. The topological polar surface area (TPSA) is 109 Å². The third kappa shape index (κ3) is 3.29. The molecule has 0 spiro atoms. The molecule has 0 bridgehead atoms. The molecule has 3 N–H and O–H groups in total. The minimum absolute atomic E-state index is 0.374. The normalized spacial score (nSPS) is 12.7. The number of aliphatic carboxylic acids is 1. The monoisotopic (exact) mass is 424 g/mol. The zero-order chi connectivity index (χ0) is 18.1. The Labute approximate surface area is 154 Å². The Hall–Kier alpha value is -2.26. The molecule has 0 saturated carbocycles. The van der Waals surface area contributed by atoms with Crippen molar-refractivity contribution < 1.29 is 19.8 Å². The maximum Gasteiger partial charge on any atom is 0.322 e. The third-order valence-electron chi connectivity index (χ3n) is 3.76. The van der Waals surface area contributed by atoms with Gasteiger partial charge in [0.05, 0.1) is 0 Å². The van der Waals surface area contributed by atoms with Crippen molar-refractivity contribution in [3.05, 3.63) is 55.9 Å². The van der Waals surface area contributed by atoms with Crippen LogP contribution in [0.4, 0.5) is 0 Å². The summed E-state index contributed by atoms with van der Waals surface area (Å²) in [7, 11) is 0. The molecule has 1 aliphatic heterocycles. The largest absolute Gasteiger partial charge is 0.507 e. The SMILES string of the molecule is O=C(O)CNC(=O)c1c(O)c2c(n(-c3ccc(Br)cc3)c1=O)CSC2. The number of halogens is 1. The molecule has 0 saturated heterocycles.